The highest BCUT2D eigenvalue weighted by Gasteiger charge is 2.18. The number of ether oxygens (including phenoxy) is 1. The number of anilines is 1. The van der Waals surface area contributed by atoms with Gasteiger partial charge < -0.3 is 20.1 Å². The van der Waals surface area contributed by atoms with E-state index < -0.39 is 6.10 Å². The number of methoxy groups -OCH3 is 1. The number of carbonyl (C=O) groups is 1. The minimum absolute atomic E-state index is 0.104. The lowest BCUT2D eigenvalue weighted by atomic mass is 10.1. The smallest absolute Gasteiger partial charge is 0.255 e. The number of amides is 1. The van der Waals surface area contributed by atoms with Crippen molar-refractivity contribution < 1.29 is 14.6 Å². The van der Waals surface area contributed by atoms with Crippen molar-refractivity contribution in [2.45, 2.75) is 26.4 Å². The zero-order chi connectivity index (χ0) is 15.8. The molecule has 1 atom stereocenters. The van der Waals surface area contributed by atoms with Crippen molar-refractivity contribution >= 4 is 11.6 Å². The van der Waals surface area contributed by atoms with E-state index in [1.165, 1.54) is 12.0 Å². The largest absolute Gasteiger partial charge is 0.389 e. The molecule has 0 saturated heterocycles. The van der Waals surface area contributed by atoms with E-state index in [1.54, 1.807) is 7.05 Å². The minimum Gasteiger partial charge on any atom is -0.389 e. The van der Waals surface area contributed by atoms with Crippen molar-refractivity contribution in [2.24, 2.45) is 0 Å². The number of aliphatic hydroxyl groups excluding tert-OH is 1. The first-order valence-corrected chi connectivity index (χ1v) is 7.26. The summed E-state index contributed by atoms with van der Waals surface area (Å²) in [6.45, 7) is 5.32. The number of aryl methyl sites for hydroxylation is 1. The summed E-state index contributed by atoms with van der Waals surface area (Å²) in [5.74, 6) is -0.104. The van der Waals surface area contributed by atoms with Gasteiger partial charge in [-0.15, -0.1) is 0 Å². The molecule has 1 aromatic carbocycles. The average Bonchev–Trinajstić information content (AvgIpc) is 2.45. The third-order valence-corrected chi connectivity index (χ3v) is 3.16. The predicted octanol–water partition coefficient (Wildman–Crippen LogP) is 1.90. The number of hydrogen-bond donors (Lipinski definition) is 2. The Morgan fingerprint density at radius 1 is 1.48 bits per heavy atom. The van der Waals surface area contributed by atoms with Crippen LogP contribution in [-0.4, -0.2) is 55.9 Å². The topological polar surface area (TPSA) is 61.8 Å². The van der Waals surface area contributed by atoms with Gasteiger partial charge in [0, 0.05) is 32.9 Å². The first-order chi connectivity index (χ1) is 9.99. The number of aliphatic hydroxyl groups is 1. The Kier molecular flexibility index (Phi) is 7.19. The summed E-state index contributed by atoms with van der Waals surface area (Å²) in [6, 6.07) is 5.78. The van der Waals surface area contributed by atoms with E-state index in [0.29, 0.717) is 5.56 Å². The van der Waals surface area contributed by atoms with Crippen LogP contribution in [0.4, 0.5) is 5.69 Å². The van der Waals surface area contributed by atoms with Gasteiger partial charge in [0.2, 0.25) is 0 Å². The summed E-state index contributed by atoms with van der Waals surface area (Å²) >= 11 is 0. The highest BCUT2D eigenvalue weighted by atomic mass is 16.5. The van der Waals surface area contributed by atoms with Crippen molar-refractivity contribution in [2.75, 3.05) is 39.2 Å². The quantitative estimate of drug-likeness (QED) is 0.768. The fraction of sp³-hybridized carbons (Fsp3) is 0.562. The van der Waals surface area contributed by atoms with Gasteiger partial charge in [0.15, 0.2) is 0 Å². The molecule has 0 aromatic heterocycles. The van der Waals surface area contributed by atoms with Gasteiger partial charge in [-0.25, -0.2) is 0 Å². The van der Waals surface area contributed by atoms with E-state index in [4.69, 9.17) is 4.74 Å². The molecule has 0 spiro atoms. The highest BCUT2D eigenvalue weighted by molar-refractivity contribution is 5.99. The van der Waals surface area contributed by atoms with Gasteiger partial charge >= 0.3 is 0 Å². The van der Waals surface area contributed by atoms with Crippen molar-refractivity contribution in [3.63, 3.8) is 0 Å². The fourth-order valence-corrected chi connectivity index (χ4v) is 2.10. The van der Waals surface area contributed by atoms with Crippen LogP contribution in [0.2, 0.25) is 0 Å². The SMILES string of the molecule is CCCNc1ccc(C)cc1C(=O)N(C)CC(O)COC. The number of carbonyl (C=O) groups excluding carboxylic acids is 1. The summed E-state index contributed by atoms with van der Waals surface area (Å²) in [5.41, 5.74) is 2.50. The van der Waals surface area contributed by atoms with Crippen LogP contribution in [0, 0.1) is 6.92 Å². The van der Waals surface area contributed by atoms with Crippen LogP contribution in [0.3, 0.4) is 0 Å². The first-order valence-electron chi connectivity index (χ1n) is 7.26. The van der Waals surface area contributed by atoms with E-state index >= 15 is 0 Å². The standard InChI is InChI=1S/C16H26N2O3/c1-5-8-17-15-7-6-12(2)9-14(15)16(20)18(3)10-13(19)11-21-4/h6-7,9,13,17,19H,5,8,10-11H2,1-4H3. The molecule has 0 fully saturated rings. The van der Waals surface area contributed by atoms with Gasteiger partial charge in [-0.3, -0.25) is 4.79 Å². The molecule has 0 aliphatic heterocycles. The molecule has 0 saturated carbocycles. The third-order valence-electron chi connectivity index (χ3n) is 3.16. The Balaban J connectivity index is 2.86. The fourth-order valence-electron chi connectivity index (χ4n) is 2.10. The maximum Gasteiger partial charge on any atom is 0.255 e. The molecule has 118 valence electrons. The number of benzene rings is 1. The van der Waals surface area contributed by atoms with Crippen LogP contribution < -0.4 is 5.32 Å². The zero-order valence-electron chi connectivity index (χ0n) is 13.3. The normalized spacial score (nSPS) is 12.0. The second-order valence-corrected chi connectivity index (χ2v) is 5.27. The highest BCUT2D eigenvalue weighted by Crippen LogP contribution is 2.19. The van der Waals surface area contributed by atoms with Gasteiger partial charge in [0.25, 0.3) is 5.91 Å². The molecule has 1 aromatic rings. The van der Waals surface area contributed by atoms with Crippen molar-refractivity contribution in [3.05, 3.63) is 29.3 Å². The third kappa shape index (κ3) is 5.36. The first kappa shape index (κ1) is 17.5. The van der Waals surface area contributed by atoms with Gasteiger partial charge in [0.05, 0.1) is 18.3 Å². The molecule has 1 unspecified atom stereocenters. The lowest BCUT2D eigenvalue weighted by molar-refractivity contribution is 0.0380. The lowest BCUT2D eigenvalue weighted by Gasteiger charge is -2.22. The number of likely N-dealkylation sites (N-methyl/N-ethyl adjacent to an activating group) is 1. The van der Waals surface area contributed by atoms with E-state index in [0.717, 1.165) is 24.2 Å². The second-order valence-electron chi connectivity index (χ2n) is 5.27. The molecule has 0 bridgehead atoms. The van der Waals surface area contributed by atoms with E-state index in [2.05, 4.69) is 12.2 Å². The molecular weight excluding hydrogens is 268 g/mol. The van der Waals surface area contributed by atoms with Crippen molar-refractivity contribution in [3.8, 4) is 0 Å². The summed E-state index contributed by atoms with van der Waals surface area (Å²) in [7, 11) is 3.21. The van der Waals surface area contributed by atoms with E-state index in [-0.39, 0.29) is 19.1 Å². The van der Waals surface area contributed by atoms with E-state index in [1.807, 2.05) is 25.1 Å². The number of hydrogen-bond acceptors (Lipinski definition) is 4. The molecule has 5 nitrogen and oxygen atoms in total. The molecule has 0 aliphatic rings. The Morgan fingerprint density at radius 2 is 2.19 bits per heavy atom. The Hall–Kier alpha value is -1.59. The average molecular weight is 294 g/mol. The lowest BCUT2D eigenvalue weighted by Crippen LogP contribution is -2.36. The molecule has 1 rings (SSSR count). The van der Waals surface area contributed by atoms with Gasteiger partial charge in [0.1, 0.15) is 0 Å². The number of nitrogens with zero attached hydrogens (tertiary/aromatic N) is 1. The molecule has 5 heteroatoms. The van der Waals surface area contributed by atoms with Crippen LogP contribution in [0.1, 0.15) is 29.3 Å². The zero-order valence-corrected chi connectivity index (χ0v) is 13.3. The van der Waals surface area contributed by atoms with Crippen LogP contribution >= 0.6 is 0 Å². The Labute approximate surface area is 126 Å². The molecular formula is C16H26N2O3. The Bertz CT molecular complexity index is 463. The monoisotopic (exact) mass is 294 g/mol. The van der Waals surface area contributed by atoms with Crippen LogP contribution in [-0.2, 0) is 4.74 Å². The summed E-state index contributed by atoms with van der Waals surface area (Å²) in [4.78, 5) is 14.1. The van der Waals surface area contributed by atoms with Crippen LogP contribution in [0.15, 0.2) is 18.2 Å². The van der Waals surface area contributed by atoms with Crippen molar-refractivity contribution in [1.29, 1.82) is 0 Å². The maximum atomic E-state index is 12.6. The number of nitrogens with one attached hydrogen (secondary N) is 1. The summed E-state index contributed by atoms with van der Waals surface area (Å²) in [6.07, 6.45) is 0.310. The number of rotatable bonds is 8. The van der Waals surface area contributed by atoms with Crippen LogP contribution in [0.5, 0.6) is 0 Å². The Morgan fingerprint density at radius 3 is 2.81 bits per heavy atom. The van der Waals surface area contributed by atoms with Crippen LogP contribution in [0.25, 0.3) is 0 Å². The molecule has 1 amide bonds. The van der Waals surface area contributed by atoms with Gasteiger partial charge in [-0.1, -0.05) is 18.6 Å². The minimum atomic E-state index is -0.680. The molecule has 2 N–H and O–H groups in total. The molecule has 21 heavy (non-hydrogen) atoms. The summed E-state index contributed by atoms with van der Waals surface area (Å²) < 4.78 is 4.89. The summed E-state index contributed by atoms with van der Waals surface area (Å²) in [5, 5.41) is 13.0. The molecule has 0 heterocycles. The second kappa shape index (κ2) is 8.64. The molecule has 0 radical (unpaired) electrons. The predicted molar refractivity (Wildman–Crippen MR) is 84.8 cm³/mol. The maximum absolute atomic E-state index is 12.6. The van der Waals surface area contributed by atoms with Gasteiger partial charge in [-0.2, -0.15) is 0 Å². The van der Waals surface area contributed by atoms with Gasteiger partial charge in [-0.05, 0) is 25.5 Å². The molecule has 0 aliphatic carbocycles. The van der Waals surface area contributed by atoms with E-state index in [9.17, 15) is 9.90 Å². The van der Waals surface area contributed by atoms with Crippen molar-refractivity contribution in [1.82, 2.24) is 4.90 Å².